The minimum atomic E-state index is -3.43. The smallest absolute Gasteiger partial charge is 0.235 e. The maximum absolute atomic E-state index is 11.4. The lowest BCUT2D eigenvalue weighted by Gasteiger charge is -2.14. The van der Waals surface area contributed by atoms with E-state index in [1.54, 1.807) is 0 Å². The highest BCUT2D eigenvalue weighted by Crippen LogP contribution is 2.04. The zero-order chi connectivity index (χ0) is 12.9. The van der Waals surface area contributed by atoms with E-state index in [9.17, 15) is 13.2 Å². The monoisotopic (exact) mass is 256 g/mol. The highest BCUT2D eigenvalue weighted by atomic mass is 32.2. The van der Waals surface area contributed by atoms with Crippen LogP contribution in [0.4, 0.5) is 0 Å². The molecule has 0 saturated carbocycles. The third-order valence-electron chi connectivity index (χ3n) is 2.33. The van der Waals surface area contributed by atoms with Crippen molar-refractivity contribution in [2.24, 2.45) is 5.73 Å². The Balaban J connectivity index is 2.78. The molecular formula is C11H16N2O3S. The van der Waals surface area contributed by atoms with E-state index in [0.29, 0.717) is 0 Å². The summed E-state index contributed by atoms with van der Waals surface area (Å²) in [6, 6.07) is 8.22. The zero-order valence-corrected chi connectivity index (χ0v) is 10.4. The average Bonchev–Trinajstić information content (AvgIpc) is 2.29. The molecule has 94 valence electrons. The molecule has 1 rings (SSSR count). The summed E-state index contributed by atoms with van der Waals surface area (Å²) in [7, 11) is -3.43. The molecule has 1 aromatic carbocycles. The van der Waals surface area contributed by atoms with Gasteiger partial charge in [-0.1, -0.05) is 30.3 Å². The first-order valence-corrected chi connectivity index (χ1v) is 6.93. The molecule has 0 spiro atoms. The predicted molar refractivity (Wildman–Crippen MR) is 65.7 cm³/mol. The van der Waals surface area contributed by atoms with Crippen LogP contribution in [-0.4, -0.2) is 26.1 Å². The van der Waals surface area contributed by atoms with E-state index in [0.717, 1.165) is 5.56 Å². The van der Waals surface area contributed by atoms with E-state index in [4.69, 9.17) is 5.73 Å². The van der Waals surface area contributed by atoms with Crippen LogP contribution in [0.1, 0.15) is 12.5 Å². The lowest BCUT2D eigenvalue weighted by atomic mass is 10.1. The topological polar surface area (TPSA) is 89.3 Å². The lowest BCUT2D eigenvalue weighted by molar-refractivity contribution is -0.119. The molecule has 0 radical (unpaired) electrons. The molecule has 0 fully saturated rings. The summed E-state index contributed by atoms with van der Waals surface area (Å²) in [4.78, 5) is 11.2. The lowest BCUT2D eigenvalue weighted by Crippen LogP contribution is -2.46. The first kappa shape index (κ1) is 13.7. The number of hydrogen-bond donors (Lipinski definition) is 2. The van der Waals surface area contributed by atoms with Crippen LogP contribution in [0.3, 0.4) is 0 Å². The number of carbonyl (C=O) groups excluding carboxylic acids is 1. The predicted octanol–water partition coefficient (Wildman–Crippen LogP) is 0.0223. The number of nitrogens with one attached hydrogen (secondary N) is 1. The van der Waals surface area contributed by atoms with E-state index in [1.165, 1.54) is 6.92 Å². The van der Waals surface area contributed by atoms with Gasteiger partial charge in [0.25, 0.3) is 0 Å². The molecule has 1 atom stereocenters. The van der Waals surface area contributed by atoms with Gasteiger partial charge in [-0.15, -0.1) is 0 Å². The fraction of sp³-hybridized carbons (Fsp3) is 0.364. The van der Waals surface area contributed by atoms with Gasteiger partial charge in [-0.3, -0.25) is 4.79 Å². The molecule has 5 nitrogen and oxygen atoms in total. The Morgan fingerprint density at radius 1 is 1.35 bits per heavy atom. The summed E-state index contributed by atoms with van der Waals surface area (Å²) in [5.74, 6) is -0.753. The molecule has 0 heterocycles. The minimum absolute atomic E-state index is 0.0778. The van der Waals surface area contributed by atoms with Gasteiger partial charge in [-0.25, -0.2) is 13.1 Å². The molecule has 0 bridgehead atoms. The van der Waals surface area contributed by atoms with Gasteiger partial charge in [0, 0.05) is 0 Å². The molecule has 0 aromatic heterocycles. The molecule has 0 saturated heterocycles. The molecule has 0 aliphatic rings. The van der Waals surface area contributed by atoms with Crippen LogP contribution in [0.15, 0.2) is 30.3 Å². The van der Waals surface area contributed by atoms with Crippen LogP contribution >= 0.6 is 0 Å². The second kappa shape index (κ2) is 5.79. The SMILES string of the molecule is CCS(=O)(=O)NC(Cc1ccccc1)C(N)=O. The van der Waals surface area contributed by atoms with Crippen LogP contribution < -0.4 is 10.5 Å². The quantitative estimate of drug-likeness (QED) is 0.752. The molecule has 6 heteroatoms. The normalized spacial score (nSPS) is 13.2. The molecule has 17 heavy (non-hydrogen) atoms. The van der Waals surface area contributed by atoms with Gasteiger partial charge in [-0.05, 0) is 18.9 Å². The van der Waals surface area contributed by atoms with Crippen LogP contribution in [0.5, 0.6) is 0 Å². The average molecular weight is 256 g/mol. The van der Waals surface area contributed by atoms with Gasteiger partial charge in [0.05, 0.1) is 5.75 Å². The van der Waals surface area contributed by atoms with Crippen molar-refractivity contribution in [3.63, 3.8) is 0 Å². The van der Waals surface area contributed by atoms with Crippen molar-refractivity contribution in [3.05, 3.63) is 35.9 Å². The standard InChI is InChI=1S/C11H16N2O3S/c1-2-17(15,16)13-10(11(12)14)8-9-6-4-3-5-7-9/h3-7,10,13H,2,8H2,1H3,(H2,12,14). The third-order valence-corrected chi connectivity index (χ3v) is 3.73. The van der Waals surface area contributed by atoms with Crippen LogP contribution in [-0.2, 0) is 21.2 Å². The fourth-order valence-corrected chi connectivity index (χ4v) is 2.15. The first-order valence-electron chi connectivity index (χ1n) is 5.28. The Morgan fingerprint density at radius 2 is 1.94 bits per heavy atom. The van der Waals surface area contributed by atoms with E-state index in [1.807, 2.05) is 30.3 Å². The number of sulfonamides is 1. The number of primary amides is 1. The zero-order valence-electron chi connectivity index (χ0n) is 9.59. The number of carbonyl (C=O) groups is 1. The number of nitrogens with two attached hydrogens (primary N) is 1. The van der Waals surface area contributed by atoms with Gasteiger partial charge in [0.15, 0.2) is 0 Å². The van der Waals surface area contributed by atoms with Gasteiger partial charge >= 0.3 is 0 Å². The third kappa shape index (κ3) is 4.54. The molecule has 1 aromatic rings. The van der Waals surface area contributed by atoms with Gasteiger partial charge < -0.3 is 5.73 Å². The Morgan fingerprint density at radius 3 is 2.41 bits per heavy atom. The van der Waals surface area contributed by atoms with Crippen molar-refractivity contribution in [2.75, 3.05) is 5.75 Å². The summed E-state index contributed by atoms with van der Waals surface area (Å²) in [5.41, 5.74) is 6.04. The van der Waals surface area contributed by atoms with Crippen LogP contribution in [0.2, 0.25) is 0 Å². The molecule has 0 aliphatic carbocycles. The summed E-state index contributed by atoms with van der Waals surface area (Å²) < 4.78 is 25.1. The maximum Gasteiger partial charge on any atom is 0.235 e. The second-order valence-electron chi connectivity index (χ2n) is 3.67. The Bertz CT molecular complexity index is 471. The summed E-state index contributed by atoms with van der Waals surface area (Å²) in [6.07, 6.45) is 0.259. The second-order valence-corrected chi connectivity index (χ2v) is 5.71. The van der Waals surface area contributed by atoms with Gasteiger partial charge in [0.1, 0.15) is 6.04 Å². The van der Waals surface area contributed by atoms with E-state index < -0.39 is 22.0 Å². The first-order chi connectivity index (χ1) is 7.94. The van der Waals surface area contributed by atoms with Crippen molar-refractivity contribution < 1.29 is 13.2 Å². The highest BCUT2D eigenvalue weighted by Gasteiger charge is 2.21. The number of benzene rings is 1. The van der Waals surface area contributed by atoms with Crippen molar-refractivity contribution >= 4 is 15.9 Å². The van der Waals surface area contributed by atoms with Crippen molar-refractivity contribution in [1.29, 1.82) is 0 Å². The number of hydrogen-bond acceptors (Lipinski definition) is 3. The number of amides is 1. The summed E-state index contributed by atoms with van der Waals surface area (Å²) in [6.45, 7) is 1.50. The molecule has 0 aliphatic heterocycles. The fourth-order valence-electron chi connectivity index (χ4n) is 1.35. The van der Waals surface area contributed by atoms with E-state index in [-0.39, 0.29) is 12.2 Å². The largest absolute Gasteiger partial charge is 0.368 e. The van der Waals surface area contributed by atoms with E-state index >= 15 is 0 Å². The van der Waals surface area contributed by atoms with Crippen LogP contribution in [0.25, 0.3) is 0 Å². The van der Waals surface area contributed by atoms with Crippen molar-refractivity contribution in [1.82, 2.24) is 4.72 Å². The number of rotatable bonds is 6. The summed E-state index contributed by atoms with van der Waals surface area (Å²) >= 11 is 0. The Hall–Kier alpha value is -1.40. The Labute approximate surface area is 101 Å². The van der Waals surface area contributed by atoms with E-state index in [2.05, 4.69) is 4.72 Å². The minimum Gasteiger partial charge on any atom is -0.368 e. The maximum atomic E-state index is 11.4. The molecule has 1 unspecified atom stereocenters. The molecular weight excluding hydrogens is 240 g/mol. The summed E-state index contributed by atoms with van der Waals surface area (Å²) in [5, 5.41) is 0. The van der Waals surface area contributed by atoms with Crippen molar-refractivity contribution in [3.8, 4) is 0 Å². The highest BCUT2D eigenvalue weighted by molar-refractivity contribution is 7.89. The van der Waals surface area contributed by atoms with Gasteiger partial charge in [-0.2, -0.15) is 0 Å². The Kier molecular flexibility index (Phi) is 4.65. The molecule has 3 N–H and O–H groups in total. The van der Waals surface area contributed by atoms with Crippen molar-refractivity contribution in [2.45, 2.75) is 19.4 Å². The van der Waals surface area contributed by atoms with Gasteiger partial charge in [0.2, 0.25) is 15.9 Å². The van der Waals surface area contributed by atoms with Crippen LogP contribution in [0, 0.1) is 0 Å². The molecule has 1 amide bonds.